The molecule has 0 aliphatic heterocycles. The van der Waals surface area contributed by atoms with E-state index >= 15 is 0 Å². The van der Waals surface area contributed by atoms with Gasteiger partial charge in [-0.15, -0.1) is 0 Å². The predicted octanol–water partition coefficient (Wildman–Crippen LogP) is 1.96. The Morgan fingerprint density at radius 3 is 2.85 bits per heavy atom. The van der Waals surface area contributed by atoms with Crippen molar-refractivity contribution in [2.75, 3.05) is 0 Å². The standard InChI is InChI=1S/C9H8FNO2/c10-7-3-1-2-6(4-7)8-5-9(8)11(12)13/h1-4,8-9H,5H2. The fourth-order valence-corrected chi connectivity index (χ4v) is 1.51. The molecule has 0 bridgehead atoms. The van der Waals surface area contributed by atoms with Gasteiger partial charge in [0, 0.05) is 11.3 Å². The second-order valence-electron chi connectivity index (χ2n) is 3.25. The summed E-state index contributed by atoms with van der Waals surface area (Å²) in [6, 6.07) is 5.53. The monoisotopic (exact) mass is 181 g/mol. The van der Waals surface area contributed by atoms with E-state index < -0.39 is 6.04 Å². The minimum atomic E-state index is -0.498. The van der Waals surface area contributed by atoms with Crippen LogP contribution in [0, 0.1) is 15.9 Å². The lowest BCUT2D eigenvalue weighted by atomic mass is 10.1. The second-order valence-corrected chi connectivity index (χ2v) is 3.25. The lowest BCUT2D eigenvalue weighted by molar-refractivity contribution is -0.496. The summed E-state index contributed by atoms with van der Waals surface area (Å²) in [7, 11) is 0. The first-order valence-corrected chi connectivity index (χ1v) is 4.07. The van der Waals surface area contributed by atoms with E-state index in [1.807, 2.05) is 0 Å². The summed E-state index contributed by atoms with van der Waals surface area (Å²) in [6.45, 7) is 0. The summed E-state index contributed by atoms with van der Waals surface area (Å²) >= 11 is 0. The van der Waals surface area contributed by atoms with Crippen molar-refractivity contribution in [2.45, 2.75) is 18.4 Å². The van der Waals surface area contributed by atoms with Crippen LogP contribution in [0.15, 0.2) is 24.3 Å². The normalized spacial score (nSPS) is 25.6. The van der Waals surface area contributed by atoms with E-state index in [-0.39, 0.29) is 16.7 Å². The Balaban J connectivity index is 2.16. The zero-order valence-corrected chi connectivity index (χ0v) is 6.81. The molecule has 0 saturated heterocycles. The van der Waals surface area contributed by atoms with Crippen molar-refractivity contribution in [3.8, 4) is 0 Å². The third kappa shape index (κ3) is 1.52. The quantitative estimate of drug-likeness (QED) is 0.517. The number of nitrogens with zero attached hydrogens (tertiary/aromatic N) is 1. The number of hydrogen-bond acceptors (Lipinski definition) is 2. The van der Waals surface area contributed by atoms with E-state index in [9.17, 15) is 14.5 Å². The van der Waals surface area contributed by atoms with Crippen molar-refractivity contribution < 1.29 is 9.31 Å². The van der Waals surface area contributed by atoms with Crippen LogP contribution in [0.4, 0.5) is 4.39 Å². The van der Waals surface area contributed by atoms with Gasteiger partial charge in [-0.25, -0.2) is 4.39 Å². The maximum atomic E-state index is 12.7. The number of rotatable bonds is 2. The zero-order chi connectivity index (χ0) is 9.42. The van der Waals surface area contributed by atoms with Gasteiger partial charge in [-0.05, 0) is 17.7 Å². The fourth-order valence-electron chi connectivity index (χ4n) is 1.51. The highest BCUT2D eigenvalue weighted by Crippen LogP contribution is 2.42. The smallest absolute Gasteiger partial charge is 0.221 e. The van der Waals surface area contributed by atoms with Gasteiger partial charge in [0.15, 0.2) is 0 Å². The van der Waals surface area contributed by atoms with E-state index in [0.717, 1.165) is 5.56 Å². The average Bonchev–Trinajstić information content (AvgIpc) is 2.82. The summed E-state index contributed by atoms with van der Waals surface area (Å²) in [5, 5.41) is 10.3. The van der Waals surface area contributed by atoms with Crippen LogP contribution in [0.2, 0.25) is 0 Å². The first-order valence-electron chi connectivity index (χ1n) is 4.07. The van der Waals surface area contributed by atoms with Crippen LogP contribution in [0.3, 0.4) is 0 Å². The molecule has 1 aromatic rings. The summed E-state index contributed by atoms with van der Waals surface area (Å²) in [4.78, 5) is 10.0. The molecule has 1 aromatic carbocycles. The largest absolute Gasteiger partial charge is 0.264 e. The molecule has 3 nitrogen and oxygen atoms in total. The molecule has 1 saturated carbocycles. The molecule has 2 rings (SSSR count). The highest BCUT2D eigenvalue weighted by atomic mass is 19.1. The Kier molecular flexibility index (Phi) is 1.76. The Bertz CT molecular complexity index is 353. The predicted molar refractivity (Wildman–Crippen MR) is 44.5 cm³/mol. The summed E-state index contributed by atoms with van der Waals surface area (Å²) < 4.78 is 12.7. The molecule has 4 heteroatoms. The fraction of sp³-hybridized carbons (Fsp3) is 0.333. The SMILES string of the molecule is O=[N+]([O-])C1CC1c1cccc(F)c1. The molecule has 0 heterocycles. The zero-order valence-electron chi connectivity index (χ0n) is 6.81. The molecule has 0 radical (unpaired) electrons. The van der Waals surface area contributed by atoms with E-state index in [1.54, 1.807) is 12.1 Å². The lowest BCUT2D eigenvalue weighted by Gasteiger charge is -1.95. The van der Waals surface area contributed by atoms with E-state index in [0.29, 0.717) is 6.42 Å². The van der Waals surface area contributed by atoms with Crippen molar-refractivity contribution in [3.05, 3.63) is 45.8 Å². The van der Waals surface area contributed by atoms with E-state index in [1.165, 1.54) is 12.1 Å². The van der Waals surface area contributed by atoms with E-state index in [4.69, 9.17) is 0 Å². The van der Waals surface area contributed by atoms with Crippen LogP contribution in [0.1, 0.15) is 17.9 Å². The van der Waals surface area contributed by atoms with Gasteiger partial charge in [0.25, 0.3) is 0 Å². The summed E-state index contributed by atoms with van der Waals surface area (Å²) in [5.74, 6) is -0.405. The van der Waals surface area contributed by atoms with Crippen molar-refractivity contribution in [3.63, 3.8) is 0 Å². The van der Waals surface area contributed by atoms with Crippen LogP contribution in [0.5, 0.6) is 0 Å². The molecule has 0 amide bonds. The third-order valence-electron chi connectivity index (χ3n) is 2.30. The molecule has 1 aliphatic carbocycles. The molecule has 0 spiro atoms. The lowest BCUT2D eigenvalue weighted by Crippen LogP contribution is -2.02. The summed E-state index contributed by atoms with van der Waals surface area (Å²) in [5.41, 5.74) is 0.738. The van der Waals surface area contributed by atoms with Crippen LogP contribution in [0.25, 0.3) is 0 Å². The molecule has 2 atom stereocenters. The molecular formula is C9H8FNO2. The molecule has 1 aliphatic rings. The van der Waals surface area contributed by atoms with Gasteiger partial charge in [-0.2, -0.15) is 0 Å². The van der Waals surface area contributed by atoms with Gasteiger partial charge in [0.05, 0.1) is 5.92 Å². The molecule has 68 valence electrons. The Hall–Kier alpha value is -1.45. The minimum absolute atomic E-state index is 0.0781. The molecule has 0 aromatic heterocycles. The molecule has 13 heavy (non-hydrogen) atoms. The van der Waals surface area contributed by atoms with Crippen molar-refractivity contribution >= 4 is 0 Å². The van der Waals surface area contributed by atoms with Gasteiger partial charge in [-0.3, -0.25) is 10.1 Å². The second kappa shape index (κ2) is 2.80. The Morgan fingerprint density at radius 2 is 2.31 bits per heavy atom. The van der Waals surface area contributed by atoms with Gasteiger partial charge < -0.3 is 0 Å². The first-order chi connectivity index (χ1) is 6.18. The highest BCUT2D eigenvalue weighted by Gasteiger charge is 2.49. The Morgan fingerprint density at radius 1 is 1.54 bits per heavy atom. The van der Waals surface area contributed by atoms with Gasteiger partial charge in [-0.1, -0.05) is 12.1 Å². The maximum Gasteiger partial charge on any atom is 0.221 e. The summed E-state index contributed by atoms with van der Waals surface area (Å²) in [6.07, 6.45) is 0.538. The van der Waals surface area contributed by atoms with Crippen LogP contribution in [-0.4, -0.2) is 11.0 Å². The first kappa shape index (κ1) is 8.16. The maximum absolute atomic E-state index is 12.7. The molecule has 0 N–H and O–H groups in total. The van der Waals surface area contributed by atoms with Gasteiger partial charge in [0.1, 0.15) is 5.82 Å². The molecule has 1 fully saturated rings. The average molecular weight is 181 g/mol. The molecule has 2 unspecified atom stereocenters. The molecular weight excluding hydrogens is 173 g/mol. The minimum Gasteiger partial charge on any atom is -0.264 e. The Labute approximate surface area is 74.3 Å². The van der Waals surface area contributed by atoms with Crippen molar-refractivity contribution in [1.29, 1.82) is 0 Å². The van der Waals surface area contributed by atoms with Gasteiger partial charge in [0.2, 0.25) is 6.04 Å². The number of hydrogen-bond donors (Lipinski definition) is 0. The number of halogens is 1. The van der Waals surface area contributed by atoms with Gasteiger partial charge >= 0.3 is 0 Å². The van der Waals surface area contributed by atoms with E-state index in [2.05, 4.69) is 0 Å². The van der Waals surface area contributed by atoms with Crippen LogP contribution >= 0.6 is 0 Å². The number of nitro groups is 1. The van der Waals surface area contributed by atoms with Crippen molar-refractivity contribution in [2.24, 2.45) is 0 Å². The van der Waals surface area contributed by atoms with Crippen molar-refractivity contribution in [1.82, 2.24) is 0 Å². The highest BCUT2D eigenvalue weighted by molar-refractivity contribution is 5.26. The van der Waals surface area contributed by atoms with Crippen LogP contribution < -0.4 is 0 Å². The van der Waals surface area contributed by atoms with Crippen LogP contribution in [-0.2, 0) is 0 Å². The third-order valence-corrected chi connectivity index (χ3v) is 2.30. The number of benzene rings is 1. The topological polar surface area (TPSA) is 43.1 Å².